The molecule has 3 aliphatic rings. The summed E-state index contributed by atoms with van der Waals surface area (Å²) < 4.78 is 42.7. The van der Waals surface area contributed by atoms with Crippen LogP contribution in [-0.4, -0.2) is 80.6 Å². The van der Waals surface area contributed by atoms with E-state index in [0.29, 0.717) is 28.6 Å². The normalized spacial score (nSPS) is 30.7. The van der Waals surface area contributed by atoms with Crippen LogP contribution >= 0.6 is 19.2 Å². The van der Waals surface area contributed by atoms with Gasteiger partial charge in [0.2, 0.25) is 0 Å². The molecule has 2 saturated heterocycles. The average Bonchev–Trinajstić information content (AvgIpc) is 3.51. The van der Waals surface area contributed by atoms with Crippen molar-refractivity contribution in [3.63, 3.8) is 0 Å². The Morgan fingerprint density at radius 1 is 1.22 bits per heavy atom. The van der Waals surface area contributed by atoms with Crippen molar-refractivity contribution in [2.75, 3.05) is 29.2 Å². The number of aliphatic hydroxyl groups is 2. The highest BCUT2D eigenvalue weighted by atomic mass is 35.5. The average molecular weight is 561 g/mol. The summed E-state index contributed by atoms with van der Waals surface area (Å²) in [6, 6.07) is 3.86. The van der Waals surface area contributed by atoms with Crippen LogP contribution in [-0.2, 0) is 19.1 Å². The number of nitriles is 1. The maximum absolute atomic E-state index is 12.2. The number of pyridine rings is 1. The number of hydrogen-bond acceptors (Lipinski definition) is 9. The summed E-state index contributed by atoms with van der Waals surface area (Å²) in [5.41, 5.74) is -0.207. The highest BCUT2D eigenvalue weighted by molar-refractivity contribution is 7.97. The van der Waals surface area contributed by atoms with Gasteiger partial charge in [-0.1, -0.05) is 18.0 Å². The van der Waals surface area contributed by atoms with Crippen molar-refractivity contribution >= 4 is 45.8 Å². The fourth-order valence-electron chi connectivity index (χ4n) is 5.83. The van der Waals surface area contributed by atoms with Crippen LogP contribution in [0.1, 0.15) is 31.1 Å². The SMILES string of the molecule is N#Cc1c(Cl)nc2c(ccn2[C@@H]2O[C@H](CS(=O)(=O)CP(=O)(O)O)[C@@H](O)[C@H]2O)c1N1CC2CCCC2C1. The number of fused-ring (bicyclic) bond motifs is 2. The molecule has 0 spiro atoms. The molecule has 196 valence electrons. The van der Waals surface area contributed by atoms with Crippen LogP contribution in [0.2, 0.25) is 5.15 Å². The van der Waals surface area contributed by atoms with Gasteiger partial charge >= 0.3 is 7.60 Å². The van der Waals surface area contributed by atoms with Crippen LogP contribution in [0, 0.1) is 23.2 Å². The van der Waals surface area contributed by atoms with Gasteiger partial charge in [0.25, 0.3) is 0 Å². The quantitative estimate of drug-likeness (QED) is 0.291. The molecule has 2 unspecified atom stereocenters. The Bertz CT molecular complexity index is 1380. The zero-order valence-corrected chi connectivity index (χ0v) is 21.5. The van der Waals surface area contributed by atoms with Crippen molar-refractivity contribution in [2.24, 2.45) is 11.8 Å². The van der Waals surface area contributed by atoms with Gasteiger partial charge in [0.1, 0.15) is 35.6 Å². The van der Waals surface area contributed by atoms with Crippen molar-refractivity contribution < 1.29 is 37.7 Å². The van der Waals surface area contributed by atoms with E-state index in [-0.39, 0.29) is 10.7 Å². The molecule has 6 atom stereocenters. The minimum Gasteiger partial charge on any atom is -0.387 e. The van der Waals surface area contributed by atoms with E-state index in [1.54, 1.807) is 12.3 Å². The third-order valence-corrected chi connectivity index (χ3v) is 11.4. The number of aromatic nitrogens is 2. The molecule has 2 aliphatic heterocycles. The molecule has 0 radical (unpaired) electrons. The van der Waals surface area contributed by atoms with Crippen molar-refractivity contribution in [1.29, 1.82) is 5.26 Å². The third-order valence-electron chi connectivity index (χ3n) is 7.34. The predicted octanol–water partition coefficient (Wildman–Crippen LogP) is 0.967. The molecule has 0 bridgehead atoms. The second-order valence-corrected chi connectivity index (χ2v) is 14.3. The third kappa shape index (κ3) is 4.66. The maximum Gasteiger partial charge on any atom is 0.340 e. The van der Waals surface area contributed by atoms with Crippen LogP contribution in [0.3, 0.4) is 0 Å². The van der Waals surface area contributed by atoms with E-state index < -0.39 is 53.2 Å². The Kier molecular flexibility index (Phi) is 6.63. The highest BCUT2D eigenvalue weighted by Crippen LogP contribution is 2.44. The minimum atomic E-state index is -4.86. The lowest BCUT2D eigenvalue weighted by Crippen LogP contribution is -2.35. The molecule has 1 aliphatic carbocycles. The molecule has 4 heterocycles. The smallest absolute Gasteiger partial charge is 0.340 e. The molecule has 15 heteroatoms. The Morgan fingerprint density at radius 2 is 1.89 bits per heavy atom. The molecule has 1 saturated carbocycles. The predicted molar refractivity (Wildman–Crippen MR) is 129 cm³/mol. The van der Waals surface area contributed by atoms with Gasteiger partial charge in [-0.3, -0.25) is 4.57 Å². The standard InChI is InChI=1S/C21H26ClN4O8PS/c22-19-14(6-23)16(25-7-11-2-1-3-12(11)8-25)13-4-5-26(20(13)24-19)21-18(28)17(27)15(34-21)9-36(32,33)10-35(29,30)31/h4-5,11-12,15,17-18,21,27-28H,1-3,7-10H2,(H2,29,30,31)/t11?,12?,15-,17-,18-,21-/m1/s1. The van der Waals surface area contributed by atoms with Gasteiger partial charge in [0, 0.05) is 24.7 Å². The first-order valence-corrected chi connectivity index (χ1v) is 15.5. The van der Waals surface area contributed by atoms with Crippen LogP contribution in [0.5, 0.6) is 0 Å². The summed E-state index contributed by atoms with van der Waals surface area (Å²) in [7, 11) is -9.16. The zero-order chi connectivity index (χ0) is 26.0. The fourth-order valence-corrected chi connectivity index (χ4v) is 9.29. The second kappa shape index (κ2) is 9.22. The molecule has 3 fully saturated rings. The van der Waals surface area contributed by atoms with Crippen molar-refractivity contribution in [2.45, 2.75) is 43.8 Å². The van der Waals surface area contributed by atoms with Crippen molar-refractivity contribution in [3.05, 3.63) is 23.0 Å². The summed E-state index contributed by atoms with van der Waals surface area (Å²) >= 11 is 6.41. The second-order valence-electron chi connectivity index (χ2n) is 9.80. The lowest BCUT2D eigenvalue weighted by atomic mass is 10.0. The fraction of sp³-hybridized carbons (Fsp3) is 0.619. The van der Waals surface area contributed by atoms with E-state index in [0.717, 1.165) is 25.9 Å². The number of halogens is 1. The van der Waals surface area contributed by atoms with E-state index in [1.807, 2.05) is 0 Å². The molecule has 4 N–H and O–H groups in total. The monoisotopic (exact) mass is 560 g/mol. The number of ether oxygens (including phenoxy) is 1. The number of sulfone groups is 1. The Morgan fingerprint density at radius 3 is 2.50 bits per heavy atom. The first-order chi connectivity index (χ1) is 16.9. The number of nitrogens with zero attached hydrogens (tertiary/aromatic N) is 4. The van der Waals surface area contributed by atoms with Gasteiger partial charge in [-0.05, 0) is 30.7 Å². The molecule has 36 heavy (non-hydrogen) atoms. The van der Waals surface area contributed by atoms with Gasteiger partial charge in [0.15, 0.2) is 26.7 Å². The minimum absolute atomic E-state index is 0.0224. The lowest BCUT2D eigenvalue weighted by molar-refractivity contribution is -0.0288. The van der Waals surface area contributed by atoms with Crippen LogP contribution in [0.15, 0.2) is 12.3 Å². The Hall–Kier alpha value is -1.75. The van der Waals surface area contributed by atoms with Gasteiger partial charge in [-0.25, -0.2) is 13.4 Å². The van der Waals surface area contributed by atoms with E-state index >= 15 is 0 Å². The highest BCUT2D eigenvalue weighted by Gasteiger charge is 2.47. The van der Waals surface area contributed by atoms with Gasteiger partial charge in [0.05, 0.1) is 11.4 Å². The summed E-state index contributed by atoms with van der Waals surface area (Å²) in [6.45, 7) is 1.58. The summed E-state index contributed by atoms with van der Waals surface area (Å²) in [5, 5.41) is 31.6. The molecule has 12 nitrogen and oxygen atoms in total. The maximum atomic E-state index is 12.2. The molecule has 2 aromatic rings. The lowest BCUT2D eigenvalue weighted by Gasteiger charge is -2.23. The number of anilines is 1. The topological polar surface area (TPSA) is 186 Å². The first kappa shape index (κ1) is 25.9. The van der Waals surface area contributed by atoms with E-state index in [2.05, 4.69) is 16.0 Å². The Balaban J connectivity index is 1.48. The molecule has 5 rings (SSSR count). The number of hydrogen-bond donors (Lipinski definition) is 4. The van der Waals surface area contributed by atoms with E-state index in [9.17, 15) is 28.5 Å². The zero-order valence-electron chi connectivity index (χ0n) is 19.0. The molecule has 0 amide bonds. The molecule has 2 aromatic heterocycles. The molecule has 0 aromatic carbocycles. The van der Waals surface area contributed by atoms with E-state index in [4.69, 9.17) is 26.1 Å². The van der Waals surface area contributed by atoms with Crippen LogP contribution in [0.4, 0.5) is 5.69 Å². The Labute approximate surface area is 212 Å². The van der Waals surface area contributed by atoms with Crippen LogP contribution < -0.4 is 4.90 Å². The van der Waals surface area contributed by atoms with E-state index in [1.165, 1.54) is 11.0 Å². The molecular weight excluding hydrogens is 535 g/mol. The van der Waals surface area contributed by atoms with Crippen molar-refractivity contribution in [1.82, 2.24) is 9.55 Å². The summed E-state index contributed by atoms with van der Waals surface area (Å²) in [6.07, 6.45) is -0.826. The van der Waals surface area contributed by atoms with Gasteiger partial charge < -0.3 is 34.2 Å². The largest absolute Gasteiger partial charge is 0.387 e. The van der Waals surface area contributed by atoms with Gasteiger partial charge in [-0.2, -0.15) is 5.26 Å². The molecular formula is C21H26ClN4O8PS. The van der Waals surface area contributed by atoms with Crippen molar-refractivity contribution in [3.8, 4) is 6.07 Å². The first-order valence-electron chi connectivity index (χ1n) is 11.5. The van der Waals surface area contributed by atoms with Gasteiger partial charge in [-0.15, -0.1) is 0 Å². The summed E-state index contributed by atoms with van der Waals surface area (Å²) in [5.74, 6) is 0.207. The number of aliphatic hydroxyl groups excluding tert-OH is 2. The summed E-state index contributed by atoms with van der Waals surface area (Å²) in [4.78, 5) is 24.6. The number of rotatable bonds is 6. The van der Waals surface area contributed by atoms with Crippen LogP contribution in [0.25, 0.3) is 11.0 Å².